The maximum absolute atomic E-state index is 5.73. The van der Waals surface area contributed by atoms with E-state index in [2.05, 4.69) is 41.5 Å². The number of morpholine rings is 1. The van der Waals surface area contributed by atoms with E-state index in [4.69, 9.17) is 4.74 Å². The van der Waals surface area contributed by atoms with Crippen molar-refractivity contribution in [3.8, 4) is 0 Å². The minimum atomic E-state index is 0.361. The Morgan fingerprint density at radius 3 is 3.16 bits per heavy atom. The average molecular weight is 256 g/mol. The smallest absolute Gasteiger partial charge is 0.0703 e. The fraction of sp³-hybridized carbons (Fsp3) is 0.438. The number of hydrogen-bond donors (Lipinski definition) is 1. The molecule has 0 radical (unpaired) electrons. The molecule has 1 aliphatic rings. The van der Waals surface area contributed by atoms with E-state index >= 15 is 0 Å². The van der Waals surface area contributed by atoms with Gasteiger partial charge in [-0.05, 0) is 49.1 Å². The highest BCUT2D eigenvalue weighted by molar-refractivity contribution is 5.79. The van der Waals surface area contributed by atoms with Gasteiger partial charge in [0.2, 0.25) is 0 Å². The van der Waals surface area contributed by atoms with Gasteiger partial charge in [0.1, 0.15) is 0 Å². The number of fused-ring (bicyclic) bond motifs is 1. The van der Waals surface area contributed by atoms with Gasteiger partial charge in [-0.3, -0.25) is 4.98 Å². The molecule has 1 fully saturated rings. The number of aryl methyl sites for hydroxylation is 2. The molecule has 0 amide bonds. The largest absolute Gasteiger partial charge is 0.376 e. The topological polar surface area (TPSA) is 34.2 Å². The first kappa shape index (κ1) is 12.6. The van der Waals surface area contributed by atoms with Crippen LogP contribution >= 0.6 is 0 Å². The first-order valence-electron chi connectivity index (χ1n) is 6.99. The summed E-state index contributed by atoms with van der Waals surface area (Å²) in [4.78, 5) is 4.44. The highest BCUT2D eigenvalue weighted by atomic mass is 16.5. The highest BCUT2D eigenvalue weighted by Crippen LogP contribution is 2.17. The lowest BCUT2D eigenvalue weighted by molar-refractivity contribution is 0.0238. The molecule has 1 unspecified atom stereocenters. The molecule has 1 aromatic carbocycles. The molecular formula is C16H20N2O. The van der Waals surface area contributed by atoms with Crippen LogP contribution < -0.4 is 5.32 Å². The van der Waals surface area contributed by atoms with Gasteiger partial charge in [0, 0.05) is 24.7 Å². The summed E-state index contributed by atoms with van der Waals surface area (Å²) in [5, 5.41) is 4.61. The van der Waals surface area contributed by atoms with Gasteiger partial charge in [-0.2, -0.15) is 0 Å². The Balaban J connectivity index is 1.70. The predicted octanol–water partition coefficient (Wildman–Crippen LogP) is 2.46. The Labute approximate surface area is 114 Å². The monoisotopic (exact) mass is 256 g/mol. The van der Waals surface area contributed by atoms with Crippen molar-refractivity contribution in [3.05, 3.63) is 41.6 Å². The maximum atomic E-state index is 5.73. The zero-order chi connectivity index (χ0) is 13.1. The summed E-state index contributed by atoms with van der Waals surface area (Å²) in [6, 6.07) is 8.75. The molecular weight excluding hydrogens is 236 g/mol. The fourth-order valence-electron chi connectivity index (χ4n) is 2.58. The number of nitrogens with one attached hydrogen (secondary N) is 1. The summed E-state index contributed by atoms with van der Waals surface area (Å²) < 4.78 is 5.73. The number of aromatic nitrogens is 1. The van der Waals surface area contributed by atoms with Crippen molar-refractivity contribution < 1.29 is 4.74 Å². The maximum Gasteiger partial charge on any atom is 0.0703 e. The fourth-order valence-corrected chi connectivity index (χ4v) is 2.58. The lowest BCUT2D eigenvalue weighted by Crippen LogP contribution is -2.38. The number of nitrogens with zero attached hydrogens (tertiary/aromatic N) is 1. The lowest BCUT2D eigenvalue weighted by atomic mass is 10.0. The molecule has 2 aromatic rings. The first-order valence-corrected chi connectivity index (χ1v) is 6.99. The number of hydrogen-bond acceptors (Lipinski definition) is 3. The molecule has 1 N–H and O–H groups in total. The standard InChI is InChI=1S/C16H20N2O/c1-12-8-14-9-13(3-5-16(14)18-10-12)2-4-15-11-17-6-7-19-15/h3,5,8-10,15,17H,2,4,6-7,11H2,1H3. The van der Waals surface area contributed by atoms with Gasteiger partial charge in [0.25, 0.3) is 0 Å². The summed E-state index contributed by atoms with van der Waals surface area (Å²) >= 11 is 0. The molecule has 2 heterocycles. The van der Waals surface area contributed by atoms with E-state index in [9.17, 15) is 0 Å². The normalized spacial score (nSPS) is 19.7. The van der Waals surface area contributed by atoms with E-state index in [0.29, 0.717) is 6.10 Å². The Morgan fingerprint density at radius 2 is 2.32 bits per heavy atom. The number of rotatable bonds is 3. The third-order valence-electron chi connectivity index (χ3n) is 3.64. The number of pyridine rings is 1. The SMILES string of the molecule is Cc1cnc2ccc(CCC3CNCCO3)cc2c1. The molecule has 100 valence electrons. The molecule has 1 saturated heterocycles. The summed E-state index contributed by atoms with van der Waals surface area (Å²) in [6.45, 7) is 4.89. The van der Waals surface area contributed by atoms with Crippen molar-refractivity contribution in [2.24, 2.45) is 0 Å². The second-order valence-corrected chi connectivity index (χ2v) is 5.28. The predicted molar refractivity (Wildman–Crippen MR) is 77.4 cm³/mol. The van der Waals surface area contributed by atoms with E-state index < -0.39 is 0 Å². The molecule has 1 atom stereocenters. The average Bonchev–Trinajstić information content (AvgIpc) is 2.46. The van der Waals surface area contributed by atoms with Crippen LogP contribution in [0.1, 0.15) is 17.5 Å². The zero-order valence-electron chi connectivity index (χ0n) is 11.4. The molecule has 0 aliphatic carbocycles. The molecule has 3 heteroatoms. The number of benzene rings is 1. The molecule has 0 saturated carbocycles. The van der Waals surface area contributed by atoms with Crippen LogP contribution in [-0.2, 0) is 11.2 Å². The molecule has 0 bridgehead atoms. The summed E-state index contributed by atoms with van der Waals surface area (Å²) in [5.74, 6) is 0. The Bertz CT molecular complexity index is 562. The first-order chi connectivity index (χ1) is 9.31. The Kier molecular flexibility index (Phi) is 3.76. The van der Waals surface area contributed by atoms with E-state index in [-0.39, 0.29) is 0 Å². The van der Waals surface area contributed by atoms with Crippen LogP contribution in [0.3, 0.4) is 0 Å². The van der Waals surface area contributed by atoms with Crippen molar-refractivity contribution in [2.75, 3.05) is 19.7 Å². The van der Waals surface area contributed by atoms with Crippen LogP contribution in [0.2, 0.25) is 0 Å². The van der Waals surface area contributed by atoms with Crippen molar-refractivity contribution in [1.29, 1.82) is 0 Å². The second kappa shape index (κ2) is 5.68. The second-order valence-electron chi connectivity index (χ2n) is 5.28. The van der Waals surface area contributed by atoms with Gasteiger partial charge in [0.05, 0.1) is 18.2 Å². The van der Waals surface area contributed by atoms with E-state index in [0.717, 1.165) is 38.1 Å². The third-order valence-corrected chi connectivity index (χ3v) is 3.64. The molecule has 3 nitrogen and oxygen atoms in total. The minimum absolute atomic E-state index is 0.361. The summed E-state index contributed by atoms with van der Waals surface area (Å²) in [5.41, 5.74) is 3.66. The summed E-state index contributed by atoms with van der Waals surface area (Å²) in [7, 11) is 0. The van der Waals surface area contributed by atoms with Crippen molar-refractivity contribution in [2.45, 2.75) is 25.9 Å². The zero-order valence-corrected chi connectivity index (χ0v) is 11.4. The Morgan fingerprint density at radius 1 is 1.37 bits per heavy atom. The van der Waals surface area contributed by atoms with Crippen molar-refractivity contribution in [3.63, 3.8) is 0 Å². The molecule has 19 heavy (non-hydrogen) atoms. The third kappa shape index (κ3) is 3.11. The molecule has 1 aromatic heterocycles. The number of ether oxygens (including phenoxy) is 1. The van der Waals surface area contributed by atoms with Crippen molar-refractivity contribution >= 4 is 10.9 Å². The van der Waals surface area contributed by atoms with Gasteiger partial charge in [-0.25, -0.2) is 0 Å². The van der Waals surface area contributed by atoms with Gasteiger partial charge in [-0.15, -0.1) is 0 Å². The van der Waals surface area contributed by atoms with Crippen LogP contribution in [0.15, 0.2) is 30.5 Å². The Hall–Kier alpha value is -1.45. The van der Waals surface area contributed by atoms with Gasteiger partial charge >= 0.3 is 0 Å². The molecule has 3 rings (SSSR count). The van der Waals surface area contributed by atoms with Crippen LogP contribution in [0.5, 0.6) is 0 Å². The van der Waals surface area contributed by atoms with Gasteiger partial charge < -0.3 is 10.1 Å². The molecule has 1 aliphatic heterocycles. The van der Waals surface area contributed by atoms with E-state index in [1.807, 2.05) is 6.20 Å². The van der Waals surface area contributed by atoms with Crippen molar-refractivity contribution in [1.82, 2.24) is 10.3 Å². The van der Waals surface area contributed by atoms with E-state index in [1.54, 1.807) is 0 Å². The quantitative estimate of drug-likeness (QED) is 0.916. The van der Waals surface area contributed by atoms with E-state index in [1.165, 1.54) is 16.5 Å². The highest BCUT2D eigenvalue weighted by Gasteiger charge is 2.12. The molecule has 0 spiro atoms. The lowest BCUT2D eigenvalue weighted by Gasteiger charge is -2.23. The van der Waals surface area contributed by atoms with Crippen LogP contribution in [0, 0.1) is 6.92 Å². The van der Waals surface area contributed by atoms with Gasteiger partial charge in [0.15, 0.2) is 0 Å². The van der Waals surface area contributed by atoms with Gasteiger partial charge in [-0.1, -0.05) is 6.07 Å². The minimum Gasteiger partial charge on any atom is -0.376 e. The van der Waals surface area contributed by atoms with Crippen LogP contribution in [0.4, 0.5) is 0 Å². The van der Waals surface area contributed by atoms with Crippen LogP contribution in [0.25, 0.3) is 10.9 Å². The van der Waals surface area contributed by atoms with Crippen LogP contribution in [-0.4, -0.2) is 30.8 Å². The summed E-state index contributed by atoms with van der Waals surface area (Å²) in [6.07, 6.45) is 4.43.